The molecule has 122 valence electrons. The fraction of sp³-hybridized carbons (Fsp3) is 0.462. The van der Waals surface area contributed by atoms with Gasteiger partial charge in [0.05, 0.1) is 10.5 Å². The summed E-state index contributed by atoms with van der Waals surface area (Å²) in [6.07, 6.45) is -2.53. The summed E-state index contributed by atoms with van der Waals surface area (Å²) >= 11 is 0. The molecular formula is C13H13F4NO3S. The predicted molar refractivity (Wildman–Crippen MR) is 68.7 cm³/mol. The van der Waals surface area contributed by atoms with Crippen molar-refractivity contribution >= 4 is 15.9 Å². The van der Waals surface area contributed by atoms with Crippen molar-refractivity contribution in [3.05, 3.63) is 29.6 Å². The van der Waals surface area contributed by atoms with Gasteiger partial charge in [-0.2, -0.15) is 13.2 Å². The van der Waals surface area contributed by atoms with E-state index in [1.54, 1.807) is 4.72 Å². The SMILES string of the molecule is O=C(NS(=O)(=O)c1ccc(F)cc1C(F)(F)F)C1CCCC1. The average Bonchev–Trinajstić information content (AvgIpc) is 2.90. The Hall–Kier alpha value is -1.64. The van der Waals surface area contributed by atoms with Crippen molar-refractivity contribution < 1.29 is 30.8 Å². The van der Waals surface area contributed by atoms with Crippen LogP contribution in [0.4, 0.5) is 17.6 Å². The minimum Gasteiger partial charge on any atom is -0.274 e. The Labute approximate surface area is 124 Å². The van der Waals surface area contributed by atoms with Crippen LogP contribution in [0.2, 0.25) is 0 Å². The first-order valence-electron chi connectivity index (χ1n) is 6.54. The van der Waals surface area contributed by atoms with E-state index in [-0.39, 0.29) is 6.07 Å². The van der Waals surface area contributed by atoms with Gasteiger partial charge in [0.15, 0.2) is 0 Å². The fourth-order valence-corrected chi connectivity index (χ4v) is 3.67. The van der Waals surface area contributed by atoms with Crippen LogP contribution in [-0.4, -0.2) is 14.3 Å². The zero-order valence-electron chi connectivity index (χ0n) is 11.3. The van der Waals surface area contributed by atoms with Crippen LogP contribution in [0.1, 0.15) is 31.2 Å². The predicted octanol–water partition coefficient (Wildman–Crippen LogP) is 2.84. The molecule has 22 heavy (non-hydrogen) atoms. The third kappa shape index (κ3) is 3.57. The van der Waals surface area contributed by atoms with Crippen LogP contribution in [0.5, 0.6) is 0 Å². The maximum Gasteiger partial charge on any atom is 0.417 e. The lowest BCUT2D eigenvalue weighted by Crippen LogP contribution is -2.35. The normalized spacial score (nSPS) is 16.7. The number of carbonyl (C=O) groups is 1. The van der Waals surface area contributed by atoms with E-state index in [4.69, 9.17) is 0 Å². The van der Waals surface area contributed by atoms with Gasteiger partial charge in [0.2, 0.25) is 5.91 Å². The zero-order chi connectivity index (χ0) is 16.5. The molecule has 0 bridgehead atoms. The molecular weight excluding hydrogens is 326 g/mol. The summed E-state index contributed by atoms with van der Waals surface area (Å²) in [4.78, 5) is 10.7. The number of halogens is 4. The Morgan fingerprint density at radius 1 is 1.18 bits per heavy atom. The third-order valence-corrected chi connectivity index (χ3v) is 4.90. The summed E-state index contributed by atoms with van der Waals surface area (Å²) in [7, 11) is -4.71. The molecule has 1 saturated carbocycles. The first-order chi connectivity index (χ1) is 10.1. The van der Waals surface area contributed by atoms with Gasteiger partial charge in [0, 0.05) is 5.92 Å². The lowest BCUT2D eigenvalue weighted by molar-refractivity contribution is -0.140. The molecule has 4 nitrogen and oxygen atoms in total. The molecule has 0 spiro atoms. The molecule has 9 heteroatoms. The first-order valence-corrected chi connectivity index (χ1v) is 8.03. The van der Waals surface area contributed by atoms with E-state index in [1.807, 2.05) is 0 Å². The number of nitrogens with one attached hydrogen (secondary N) is 1. The Balaban J connectivity index is 2.35. The summed E-state index contributed by atoms with van der Waals surface area (Å²) in [5, 5.41) is 0. The Kier molecular flexibility index (Phi) is 4.46. The molecule has 1 N–H and O–H groups in total. The number of rotatable bonds is 3. The van der Waals surface area contributed by atoms with E-state index < -0.39 is 44.3 Å². The van der Waals surface area contributed by atoms with Gasteiger partial charge >= 0.3 is 6.18 Å². The van der Waals surface area contributed by atoms with Gasteiger partial charge in [0.1, 0.15) is 5.82 Å². The van der Waals surface area contributed by atoms with Gasteiger partial charge in [-0.3, -0.25) is 4.79 Å². The number of hydrogen-bond acceptors (Lipinski definition) is 3. The second kappa shape index (κ2) is 5.86. The molecule has 0 atom stereocenters. The smallest absolute Gasteiger partial charge is 0.274 e. The van der Waals surface area contributed by atoms with Crippen LogP contribution < -0.4 is 4.72 Å². The number of amides is 1. The largest absolute Gasteiger partial charge is 0.417 e. The van der Waals surface area contributed by atoms with Gasteiger partial charge in [-0.05, 0) is 31.0 Å². The van der Waals surface area contributed by atoms with Crippen LogP contribution in [0, 0.1) is 11.7 Å². The molecule has 0 unspecified atom stereocenters. The van der Waals surface area contributed by atoms with Crippen LogP contribution in [0.15, 0.2) is 23.1 Å². The highest BCUT2D eigenvalue weighted by Crippen LogP contribution is 2.35. The Morgan fingerprint density at radius 2 is 1.77 bits per heavy atom. The number of hydrogen-bond donors (Lipinski definition) is 1. The summed E-state index contributed by atoms with van der Waals surface area (Å²) in [6.45, 7) is 0. The van der Waals surface area contributed by atoms with Crippen molar-refractivity contribution in [1.82, 2.24) is 4.72 Å². The summed E-state index contributed by atoms with van der Waals surface area (Å²) < 4.78 is 77.3. The van der Waals surface area contributed by atoms with Crippen molar-refractivity contribution in [2.45, 2.75) is 36.8 Å². The minimum atomic E-state index is -5.05. The highest BCUT2D eigenvalue weighted by Gasteiger charge is 2.38. The van der Waals surface area contributed by atoms with Crippen LogP contribution in [0.25, 0.3) is 0 Å². The molecule has 0 radical (unpaired) electrons. The van der Waals surface area contributed by atoms with Crippen LogP contribution in [-0.2, 0) is 21.0 Å². The van der Waals surface area contributed by atoms with Crippen molar-refractivity contribution in [2.24, 2.45) is 5.92 Å². The van der Waals surface area contributed by atoms with Gasteiger partial charge in [0.25, 0.3) is 10.0 Å². The second-order valence-electron chi connectivity index (χ2n) is 5.09. The topological polar surface area (TPSA) is 63.2 Å². The Morgan fingerprint density at radius 3 is 2.32 bits per heavy atom. The third-order valence-electron chi connectivity index (χ3n) is 3.50. The molecule has 0 saturated heterocycles. The summed E-state index contributed by atoms with van der Waals surface area (Å²) in [5.74, 6) is -2.56. The molecule has 1 amide bonds. The Bertz CT molecular complexity index is 679. The zero-order valence-corrected chi connectivity index (χ0v) is 12.1. The van der Waals surface area contributed by atoms with E-state index >= 15 is 0 Å². The fourth-order valence-electron chi connectivity index (χ4n) is 2.42. The van der Waals surface area contributed by atoms with E-state index in [1.165, 1.54) is 0 Å². The van der Waals surface area contributed by atoms with Crippen molar-refractivity contribution in [3.8, 4) is 0 Å². The average molecular weight is 339 g/mol. The van der Waals surface area contributed by atoms with Crippen LogP contribution in [0.3, 0.4) is 0 Å². The van der Waals surface area contributed by atoms with Crippen LogP contribution >= 0.6 is 0 Å². The van der Waals surface area contributed by atoms with E-state index in [0.29, 0.717) is 25.0 Å². The number of benzene rings is 1. The summed E-state index contributed by atoms with van der Waals surface area (Å²) in [6, 6.07) is 1.20. The van der Waals surface area contributed by atoms with Gasteiger partial charge in [-0.15, -0.1) is 0 Å². The molecule has 0 heterocycles. The molecule has 2 rings (SSSR count). The quantitative estimate of drug-likeness (QED) is 0.862. The standard InChI is InChI=1S/C13H13F4NO3S/c14-9-5-6-11(10(7-9)13(15,16)17)22(20,21)18-12(19)8-3-1-2-4-8/h5-8H,1-4H2,(H,18,19). The molecule has 1 aliphatic carbocycles. The number of carbonyl (C=O) groups excluding carboxylic acids is 1. The lowest BCUT2D eigenvalue weighted by Gasteiger charge is -2.15. The van der Waals surface area contributed by atoms with Gasteiger partial charge < -0.3 is 0 Å². The van der Waals surface area contributed by atoms with Gasteiger partial charge in [-0.25, -0.2) is 17.5 Å². The minimum absolute atomic E-state index is 0.0919. The molecule has 1 aromatic carbocycles. The van der Waals surface area contributed by atoms with Crippen molar-refractivity contribution in [3.63, 3.8) is 0 Å². The van der Waals surface area contributed by atoms with Crippen molar-refractivity contribution in [1.29, 1.82) is 0 Å². The number of alkyl halides is 3. The highest BCUT2D eigenvalue weighted by atomic mass is 32.2. The maximum atomic E-state index is 13.0. The highest BCUT2D eigenvalue weighted by molar-refractivity contribution is 7.90. The molecule has 0 aromatic heterocycles. The van der Waals surface area contributed by atoms with E-state index in [9.17, 15) is 30.8 Å². The lowest BCUT2D eigenvalue weighted by atomic mass is 10.1. The van der Waals surface area contributed by atoms with E-state index in [2.05, 4.69) is 0 Å². The molecule has 1 aliphatic rings. The summed E-state index contributed by atoms with van der Waals surface area (Å²) in [5.41, 5.74) is -1.64. The number of sulfonamides is 1. The molecule has 0 aliphatic heterocycles. The first kappa shape index (κ1) is 16.7. The molecule has 1 aromatic rings. The van der Waals surface area contributed by atoms with E-state index in [0.717, 1.165) is 12.8 Å². The maximum absolute atomic E-state index is 13.0. The van der Waals surface area contributed by atoms with Crippen molar-refractivity contribution in [2.75, 3.05) is 0 Å². The second-order valence-corrected chi connectivity index (χ2v) is 6.74. The monoisotopic (exact) mass is 339 g/mol. The van der Waals surface area contributed by atoms with Gasteiger partial charge in [-0.1, -0.05) is 12.8 Å². The molecule has 1 fully saturated rings.